The van der Waals surface area contributed by atoms with E-state index in [0.717, 1.165) is 22.4 Å². The van der Waals surface area contributed by atoms with Crippen LogP contribution in [0.25, 0.3) is 11.1 Å². The molecule has 9 heteroatoms. The molecule has 3 aromatic carbocycles. The first-order chi connectivity index (χ1) is 19.3. The Kier molecular flexibility index (Phi) is 7.55. The lowest BCUT2D eigenvalue weighted by Gasteiger charge is -2.37. The number of hydrogen-bond donors (Lipinski definition) is 0. The summed E-state index contributed by atoms with van der Waals surface area (Å²) in [6.07, 6.45) is 0.421. The van der Waals surface area contributed by atoms with Crippen LogP contribution in [-0.2, 0) is 20.2 Å². The summed E-state index contributed by atoms with van der Waals surface area (Å²) < 4.78 is 28.5. The van der Waals surface area contributed by atoms with E-state index < -0.39 is 26.7 Å². The van der Waals surface area contributed by atoms with Gasteiger partial charge in [-0.05, 0) is 73.2 Å². The molecule has 0 aliphatic carbocycles. The molecule has 1 saturated heterocycles. The maximum absolute atomic E-state index is 14.7. The zero-order chi connectivity index (χ0) is 29.9. The number of halogens is 1. The SMILES string of the molecule is CC(C)C1N(S(=O)(=O)C(C)C)CC[C@@]12C(=O)N(c1cccc(-c3ccc(C(=O)N(C)C)c(Cl)c3)c1)c1ccccc12. The van der Waals surface area contributed by atoms with Gasteiger partial charge < -0.3 is 4.90 Å². The summed E-state index contributed by atoms with van der Waals surface area (Å²) >= 11 is 6.51. The molecule has 2 amide bonds. The first-order valence-electron chi connectivity index (χ1n) is 13.9. The smallest absolute Gasteiger partial charge is 0.254 e. The highest BCUT2D eigenvalue weighted by Crippen LogP contribution is 2.55. The third kappa shape index (κ3) is 4.57. The molecule has 1 fully saturated rings. The lowest BCUT2D eigenvalue weighted by Crippen LogP contribution is -2.53. The van der Waals surface area contributed by atoms with E-state index in [1.54, 1.807) is 49.3 Å². The third-order valence-corrected chi connectivity index (χ3v) is 10.9. The molecule has 2 aliphatic rings. The van der Waals surface area contributed by atoms with Crippen molar-refractivity contribution in [3.63, 3.8) is 0 Å². The van der Waals surface area contributed by atoms with Crippen molar-refractivity contribution < 1.29 is 18.0 Å². The summed E-state index contributed by atoms with van der Waals surface area (Å²) in [4.78, 5) is 30.4. The van der Waals surface area contributed by atoms with Gasteiger partial charge in [-0.2, -0.15) is 4.31 Å². The van der Waals surface area contributed by atoms with E-state index in [1.807, 2.05) is 68.4 Å². The van der Waals surface area contributed by atoms with E-state index in [4.69, 9.17) is 11.6 Å². The first-order valence-corrected chi connectivity index (χ1v) is 15.8. The van der Waals surface area contributed by atoms with Crippen molar-refractivity contribution in [1.82, 2.24) is 9.21 Å². The summed E-state index contributed by atoms with van der Waals surface area (Å²) in [6.45, 7) is 7.67. The van der Waals surface area contributed by atoms with E-state index in [-0.39, 0.29) is 17.7 Å². The molecule has 1 unspecified atom stereocenters. The lowest BCUT2D eigenvalue weighted by molar-refractivity contribution is -0.123. The van der Waals surface area contributed by atoms with Gasteiger partial charge in [-0.1, -0.05) is 61.8 Å². The molecule has 2 atom stereocenters. The quantitative estimate of drug-likeness (QED) is 0.346. The Hall–Kier alpha value is -3.20. The van der Waals surface area contributed by atoms with Gasteiger partial charge in [0.25, 0.3) is 5.91 Å². The van der Waals surface area contributed by atoms with Gasteiger partial charge in [0.05, 0.1) is 26.9 Å². The molecule has 1 spiro atoms. The van der Waals surface area contributed by atoms with Gasteiger partial charge in [0.1, 0.15) is 0 Å². The van der Waals surface area contributed by atoms with E-state index in [2.05, 4.69) is 0 Å². The van der Waals surface area contributed by atoms with Crippen LogP contribution in [0, 0.1) is 5.92 Å². The van der Waals surface area contributed by atoms with Gasteiger partial charge >= 0.3 is 0 Å². The van der Waals surface area contributed by atoms with Gasteiger partial charge in [0.15, 0.2) is 0 Å². The average molecular weight is 594 g/mol. The van der Waals surface area contributed by atoms with E-state index in [0.29, 0.717) is 29.2 Å². The van der Waals surface area contributed by atoms with Gasteiger partial charge in [-0.3, -0.25) is 14.5 Å². The molecule has 7 nitrogen and oxygen atoms in total. The van der Waals surface area contributed by atoms with Crippen LogP contribution >= 0.6 is 11.6 Å². The van der Waals surface area contributed by atoms with E-state index in [1.165, 1.54) is 4.90 Å². The Labute approximate surface area is 247 Å². The minimum Gasteiger partial charge on any atom is -0.345 e. The fraction of sp³-hybridized carbons (Fsp3) is 0.375. The van der Waals surface area contributed by atoms with E-state index >= 15 is 0 Å². The van der Waals surface area contributed by atoms with Crippen molar-refractivity contribution in [1.29, 1.82) is 0 Å². The molecule has 2 aliphatic heterocycles. The maximum Gasteiger partial charge on any atom is 0.254 e. The molecule has 0 radical (unpaired) electrons. The molecule has 3 aromatic rings. The molecule has 0 N–H and O–H groups in total. The molecule has 0 saturated carbocycles. The second kappa shape index (κ2) is 10.6. The number of nitrogens with zero attached hydrogens (tertiary/aromatic N) is 3. The number of benzene rings is 3. The second-order valence-corrected chi connectivity index (χ2v) is 14.6. The zero-order valence-electron chi connectivity index (χ0n) is 24.3. The van der Waals surface area contributed by atoms with Crippen LogP contribution < -0.4 is 4.90 Å². The Balaban J connectivity index is 1.60. The fourth-order valence-electron chi connectivity index (χ4n) is 6.46. The number of hydrogen-bond acceptors (Lipinski definition) is 4. The van der Waals surface area contributed by atoms with Crippen molar-refractivity contribution in [3.8, 4) is 11.1 Å². The van der Waals surface area contributed by atoms with Crippen LogP contribution in [0.4, 0.5) is 11.4 Å². The number of para-hydroxylation sites is 1. The number of carbonyl (C=O) groups is 2. The van der Waals surface area contributed by atoms with Crippen molar-refractivity contribution in [2.75, 3.05) is 25.5 Å². The van der Waals surface area contributed by atoms with Crippen molar-refractivity contribution in [3.05, 3.63) is 82.9 Å². The number of fused-ring (bicyclic) bond motifs is 2. The summed E-state index contributed by atoms with van der Waals surface area (Å²) in [6, 6.07) is 20.2. The van der Waals surface area contributed by atoms with Crippen LogP contribution in [0.5, 0.6) is 0 Å². The molecule has 0 aromatic heterocycles. The molecular formula is C32H36ClN3O4S. The minimum atomic E-state index is -3.58. The van der Waals surface area contributed by atoms with Crippen LogP contribution in [0.3, 0.4) is 0 Å². The number of anilines is 2. The predicted molar refractivity (Wildman–Crippen MR) is 164 cm³/mol. The monoisotopic (exact) mass is 593 g/mol. The standard InChI is InChI=1S/C32H36ClN3O4S/c1-20(2)29-32(16-17-35(29)41(39,40)21(3)4)26-12-7-8-13-28(26)36(31(32)38)24-11-9-10-22(18-24)23-14-15-25(27(33)19-23)30(37)34(5)6/h7-15,18-21,29H,16-17H2,1-6H3/t29?,32-/m0/s1. The summed E-state index contributed by atoms with van der Waals surface area (Å²) in [5, 5.41) is -0.227. The fourth-order valence-corrected chi connectivity index (χ4v) is 8.35. The molecule has 0 bridgehead atoms. The van der Waals surface area contributed by atoms with Crippen LogP contribution in [-0.4, -0.2) is 61.4 Å². The Bertz CT molecular complexity index is 1640. The van der Waals surface area contributed by atoms with Gasteiger partial charge in [0, 0.05) is 32.4 Å². The normalized spacial score (nSPS) is 20.9. The average Bonchev–Trinajstić information content (AvgIpc) is 3.46. The van der Waals surface area contributed by atoms with Gasteiger partial charge in [-0.25, -0.2) is 8.42 Å². The van der Waals surface area contributed by atoms with Crippen molar-refractivity contribution in [2.45, 2.75) is 50.8 Å². The first kappa shape index (κ1) is 29.3. The lowest BCUT2D eigenvalue weighted by atomic mass is 9.71. The molecule has 41 heavy (non-hydrogen) atoms. The topological polar surface area (TPSA) is 78.0 Å². The highest BCUT2D eigenvalue weighted by molar-refractivity contribution is 7.89. The number of carbonyl (C=O) groups excluding carboxylic acids is 2. The van der Waals surface area contributed by atoms with Gasteiger partial charge in [0.2, 0.25) is 15.9 Å². The van der Waals surface area contributed by atoms with Crippen LogP contribution in [0.1, 0.15) is 50.0 Å². The summed E-state index contributed by atoms with van der Waals surface area (Å²) in [7, 11) is -0.221. The molecule has 216 valence electrons. The van der Waals surface area contributed by atoms with Crippen molar-refractivity contribution in [2.24, 2.45) is 5.92 Å². The Morgan fingerprint density at radius 1 is 0.976 bits per heavy atom. The minimum absolute atomic E-state index is 0.0835. The maximum atomic E-state index is 14.7. The van der Waals surface area contributed by atoms with E-state index in [9.17, 15) is 18.0 Å². The molecule has 5 rings (SSSR count). The third-order valence-electron chi connectivity index (χ3n) is 8.35. The van der Waals surface area contributed by atoms with Gasteiger partial charge in [-0.15, -0.1) is 0 Å². The number of amides is 2. The molecule has 2 heterocycles. The highest BCUT2D eigenvalue weighted by Gasteiger charge is 2.63. The Morgan fingerprint density at radius 3 is 2.29 bits per heavy atom. The number of rotatable bonds is 6. The second-order valence-electron chi connectivity index (χ2n) is 11.7. The van der Waals surface area contributed by atoms with Crippen LogP contribution in [0.15, 0.2) is 66.7 Å². The van der Waals surface area contributed by atoms with Crippen LogP contribution in [0.2, 0.25) is 5.02 Å². The zero-order valence-corrected chi connectivity index (χ0v) is 25.8. The summed E-state index contributed by atoms with van der Waals surface area (Å²) in [5.74, 6) is -0.370. The summed E-state index contributed by atoms with van der Waals surface area (Å²) in [5.41, 5.74) is 3.42. The Morgan fingerprint density at radius 2 is 1.66 bits per heavy atom. The van der Waals surface area contributed by atoms with Crippen molar-refractivity contribution >= 4 is 44.8 Å². The predicted octanol–water partition coefficient (Wildman–Crippen LogP) is 6.09. The number of sulfonamides is 1. The molecular weight excluding hydrogens is 558 g/mol. The highest BCUT2D eigenvalue weighted by atomic mass is 35.5. The largest absolute Gasteiger partial charge is 0.345 e.